The minimum absolute atomic E-state index is 0.0263. The first-order valence-electron chi connectivity index (χ1n) is 7.06. The number of carbonyl (C=O) groups excluding carboxylic acids is 1. The molecule has 0 amide bonds. The second kappa shape index (κ2) is 7.62. The van der Waals surface area contributed by atoms with Crippen LogP contribution in [0, 0.1) is 29.6 Å². The summed E-state index contributed by atoms with van der Waals surface area (Å²) >= 11 is 0. The van der Waals surface area contributed by atoms with Crippen LogP contribution < -0.4 is 9.47 Å². The van der Waals surface area contributed by atoms with Crippen molar-refractivity contribution in [2.24, 2.45) is 0 Å². The molecule has 0 spiro atoms. The minimum atomic E-state index is -0.491. The van der Waals surface area contributed by atoms with E-state index >= 15 is 0 Å². The maximum atomic E-state index is 12.2. The molecule has 0 bridgehead atoms. The number of hydrogen-bond donors (Lipinski definition) is 0. The van der Waals surface area contributed by atoms with Gasteiger partial charge in [0.25, 0.3) is 0 Å². The Balaban J connectivity index is 2.29. The number of nitrogens with zero attached hydrogens (tertiary/aromatic N) is 2. The number of aryl methyl sites for hydroxylation is 1. The Kier molecular flexibility index (Phi) is 5.33. The number of nitriles is 2. The number of esters is 1. The third kappa shape index (κ3) is 4.00. The van der Waals surface area contributed by atoms with Crippen LogP contribution in [-0.4, -0.2) is 13.1 Å². The highest BCUT2D eigenvalue weighted by molar-refractivity contribution is 5.91. The van der Waals surface area contributed by atoms with E-state index in [9.17, 15) is 4.79 Å². The normalized spacial score (nSPS) is 9.33. The van der Waals surface area contributed by atoms with Gasteiger partial charge in [0.1, 0.15) is 17.7 Å². The summed E-state index contributed by atoms with van der Waals surface area (Å²) in [4.78, 5) is 12.2. The highest BCUT2D eigenvalue weighted by atomic mass is 16.6. The zero-order chi connectivity index (χ0) is 17.5. The lowest BCUT2D eigenvalue weighted by atomic mass is 10.1. The Hall–Kier alpha value is -3.57. The molecular weight excluding hydrogens is 304 g/mol. The van der Waals surface area contributed by atoms with Crippen LogP contribution in [0.3, 0.4) is 0 Å². The Morgan fingerprint density at radius 1 is 1.08 bits per heavy atom. The largest absolute Gasteiger partial charge is 0.493 e. The van der Waals surface area contributed by atoms with Crippen molar-refractivity contribution in [1.29, 1.82) is 10.5 Å². The van der Waals surface area contributed by atoms with Gasteiger partial charge in [-0.15, -0.1) is 0 Å². The summed E-state index contributed by atoms with van der Waals surface area (Å²) in [5, 5.41) is 17.6. The summed E-state index contributed by atoms with van der Waals surface area (Å²) in [5.74, 6) is 0.103. The van der Waals surface area contributed by atoms with Gasteiger partial charge in [-0.3, -0.25) is 0 Å². The van der Waals surface area contributed by atoms with Crippen LogP contribution in [-0.2, 0) is 0 Å². The molecule has 0 aliphatic heterocycles. The molecule has 0 saturated carbocycles. The Labute approximate surface area is 140 Å². The Morgan fingerprint density at radius 3 is 2.46 bits per heavy atom. The van der Waals surface area contributed by atoms with Crippen LogP contribution in [0.25, 0.3) is 6.08 Å². The van der Waals surface area contributed by atoms with Crippen LogP contribution in [0.1, 0.15) is 21.5 Å². The van der Waals surface area contributed by atoms with Crippen molar-refractivity contribution in [2.45, 2.75) is 6.92 Å². The van der Waals surface area contributed by atoms with Crippen molar-refractivity contribution in [1.82, 2.24) is 0 Å². The van der Waals surface area contributed by atoms with E-state index in [1.807, 2.05) is 13.0 Å². The SMILES string of the molecule is COc1cc(C=C(C#N)C#N)ccc1OC(=O)c1cccc(C)c1. The lowest BCUT2D eigenvalue weighted by Crippen LogP contribution is -2.09. The van der Waals surface area contributed by atoms with Crippen molar-refractivity contribution in [3.63, 3.8) is 0 Å². The lowest BCUT2D eigenvalue weighted by molar-refractivity contribution is 0.0729. The van der Waals surface area contributed by atoms with E-state index < -0.39 is 5.97 Å². The third-order valence-corrected chi connectivity index (χ3v) is 3.20. The number of carbonyl (C=O) groups is 1. The molecule has 0 aliphatic carbocycles. The molecule has 0 saturated heterocycles. The van der Waals surface area contributed by atoms with Crippen molar-refractivity contribution in [3.05, 3.63) is 64.7 Å². The van der Waals surface area contributed by atoms with E-state index in [-0.39, 0.29) is 11.3 Å². The fourth-order valence-corrected chi connectivity index (χ4v) is 2.05. The molecule has 0 fully saturated rings. The predicted molar refractivity (Wildman–Crippen MR) is 88.3 cm³/mol. The molecule has 0 aliphatic rings. The summed E-state index contributed by atoms with van der Waals surface area (Å²) in [6, 6.07) is 15.4. The monoisotopic (exact) mass is 318 g/mol. The van der Waals surface area contributed by atoms with Gasteiger partial charge in [-0.25, -0.2) is 4.79 Å². The molecule has 0 radical (unpaired) electrons. The van der Waals surface area contributed by atoms with Crippen molar-refractivity contribution in [2.75, 3.05) is 7.11 Å². The van der Waals surface area contributed by atoms with Gasteiger partial charge in [-0.1, -0.05) is 23.8 Å². The third-order valence-electron chi connectivity index (χ3n) is 3.20. The lowest BCUT2D eigenvalue weighted by Gasteiger charge is -2.10. The average Bonchev–Trinajstić information content (AvgIpc) is 2.60. The standard InChI is InChI=1S/C19H14N2O3/c1-13-4-3-5-16(8-13)19(22)24-17-7-6-14(10-18(17)23-2)9-15(11-20)12-21/h3-10H,1-2H3. The summed E-state index contributed by atoms with van der Waals surface area (Å²) < 4.78 is 10.6. The molecule has 2 aromatic rings. The maximum Gasteiger partial charge on any atom is 0.343 e. The van der Waals surface area contributed by atoms with E-state index in [1.165, 1.54) is 13.2 Å². The first-order chi connectivity index (χ1) is 11.6. The van der Waals surface area contributed by atoms with E-state index in [1.54, 1.807) is 48.5 Å². The van der Waals surface area contributed by atoms with Crippen LogP contribution in [0.2, 0.25) is 0 Å². The summed E-state index contributed by atoms with van der Waals surface area (Å²) in [7, 11) is 1.45. The average molecular weight is 318 g/mol. The zero-order valence-electron chi connectivity index (χ0n) is 13.2. The molecule has 0 heterocycles. The Morgan fingerprint density at radius 2 is 1.83 bits per heavy atom. The molecule has 5 nitrogen and oxygen atoms in total. The first-order valence-corrected chi connectivity index (χ1v) is 7.06. The van der Waals surface area contributed by atoms with Crippen LogP contribution in [0.5, 0.6) is 11.5 Å². The van der Waals surface area contributed by atoms with Crippen molar-refractivity contribution < 1.29 is 14.3 Å². The van der Waals surface area contributed by atoms with Gasteiger partial charge in [0.05, 0.1) is 12.7 Å². The van der Waals surface area contributed by atoms with E-state index in [4.69, 9.17) is 20.0 Å². The first kappa shape index (κ1) is 16.8. The maximum absolute atomic E-state index is 12.2. The number of ether oxygens (including phenoxy) is 2. The Bertz CT molecular complexity index is 870. The fourth-order valence-electron chi connectivity index (χ4n) is 2.05. The second-order valence-electron chi connectivity index (χ2n) is 4.95. The molecule has 118 valence electrons. The number of hydrogen-bond acceptors (Lipinski definition) is 5. The molecule has 0 N–H and O–H groups in total. The van der Waals surface area contributed by atoms with E-state index in [0.29, 0.717) is 16.9 Å². The molecule has 0 atom stereocenters. The number of methoxy groups -OCH3 is 1. The molecular formula is C19H14N2O3. The number of benzene rings is 2. The van der Waals surface area contributed by atoms with Gasteiger partial charge in [0, 0.05) is 0 Å². The number of allylic oxidation sites excluding steroid dienone is 1. The zero-order valence-corrected chi connectivity index (χ0v) is 13.2. The molecule has 2 rings (SSSR count). The van der Waals surface area contributed by atoms with Crippen molar-refractivity contribution >= 4 is 12.0 Å². The second-order valence-corrected chi connectivity index (χ2v) is 4.95. The highest BCUT2D eigenvalue weighted by Crippen LogP contribution is 2.29. The summed E-state index contributed by atoms with van der Waals surface area (Å²) in [6.45, 7) is 1.89. The van der Waals surface area contributed by atoms with E-state index in [0.717, 1.165) is 5.56 Å². The van der Waals surface area contributed by atoms with E-state index in [2.05, 4.69) is 0 Å². The topological polar surface area (TPSA) is 83.1 Å². The van der Waals surface area contributed by atoms with Gasteiger partial charge in [-0.05, 0) is 42.8 Å². The van der Waals surface area contributed by atoms with Crippen LogP contribution in [0.15, 0.2) is 48.0 Å². The van der Waals surface area contributed by atoms with Crippen LogP contribution >= 0.6 is 0 Å². The quantitative estimate of drug-likeness (QED) is 0.488. The van der Waals surface area contributed by atoms with Gasteiger partial charge in [0.15, 0.2) is 11.5 Å². The van der Waals surface area contributed by atoms with Gasteiger partial charge in [0.2, 0.25) is 0 Å². The molecule has 5 heteroatoms. The van der Waals surface area contributed by atoms with Crippen LogP contribution in [0.4, 0.5) is 0 Å². The minimum Gasteiger partial charge on any atom is -0.493 e. The molecule has 2 aromatic carbocycles. The fraction of sp³-hybridized carbons (Fsp3) is 0.105. The van der Waals surface area contributed by atoms with Gasteiger partial charge < -0.3 is 9.47 Å². The smallest absolute Gasteiger partial charge is 0.343 e. The molecule has 24 heavy (non-hydrogen) atoms. The van der Waals surface area contributed by atoms with Gasteiger partial charge in [-0.2, -0.15) is 10.5 Å². The molecule has 0 aromatic heterocycles. The molecule has 0 unspecified atom stereocenters. The highest BCUT2D eigenvalue weighted by Gasteiger charge is 2.13. The van der Waals surface area contributed by atoms with Gasteiger partial charge >= 0.3 is 5.97 Å². The number of rotatable bonds is 4. The predicted octanol–water partition coefficient (Wildman–Crippen LogP) is 3.65. The van der Waals surface area contributed by atoms with Crippen molar-refractivity contribution in [3.8, 4) is 23.6 Å². The summed E-state index contributed by atoms with van der Waals surface area (Å²) in [6.07, 6.45) is 1.43. The summed E-state index contributed by atoms with van der Waals surface area (Å²) in [5.41, 5.74) is 1.97.